The number of benzene rings is 2. The second-order valence-corrected chi connectivity index (χ2v) is 5.34. The van der Waals surface area contributed by atoms with Crippen LogP contribution in [0.25, 0.3) is 0 Å². The summed E-state index contributed by atoms with van der Waals surface area (Å²) in [5, 5.41) is 0. The molecule has 0 unspecified atom stereocenters. The van der Waals surface area contributed by atoms with E-state index in [4.69, 9.17) is 9.47 Å². The van der Waals surface area contributed by atoms with Crippen molar-refractivity contribution in [2.24, 2.45) is 0 Å². The summed E-state index contributed by atoms with van der Waals surface area (Å²) in [5.74, 6) is 0.404. The Hall–Kier alpha value is -2.54. The van der Waals surface area contributed by atoms with Crippen LogP contribution >= 0.6 is 15.9 Å². The quantitative estimate of drug-likeness (QED) is 0.801. The third-order valence-corrected chi connectivity index (χ3v) is 3.68. The standard InChI is InChI=1S/C16H15BrN2O4/c1-22-12-6-3-10(4-7-12)15(20)18-19-16(21)11-5-8-14(23-2)13(17)9-11/h3-9H,1-2H3,(H,18,20)(H,19,21). The molecule has 2 N–H and O–H groups in total. The van der Waals surface area contributed by atoms with Crippen molar-refractivity contribution in [3.05, 3.63) is 58.1 Å². The zero-order valence-electron chi connectivity index (χ0n) is 12.6. The van der Waals surface area contributed by atoms with Gasteiger partial charge in [-0.05, 0) is 58.4 Å². The molecule has 2 aromatic carbocycles. The topological polar surface area (TPSA) is 76.7 Å². The van der Waals surface area contributed by atoms with E-state index in [9.17, 15) is 9.59 Å². The summed E-state index contributed by atoms with van der Waals surface area (Å²) in [6, 6.07) is 11.4. The van der Waals surface area contributed by atoms with Gasteiger partial charge in [-0.2, -0.15) is 0 Å². The molecule has 0 aliphatic carbocycles. The SMILES string of the molecule is COc1ccc(C(=O)NNC(=O)c2ccc(OC)c(Br)c2)cc1. The number of hydrogen-bond acceptors (Lipinski definition) is 4. The van der Waals surface area contributed by atoms with Crippen LogP contribution < -0.4 is 20.3 Å². The van der Waals surface area contributed by atoms with Gasteiger partial charge < -0.3 is 9.47 Å². The highest BCUT2D eigenvalue weighted by molar-refractivity contribution is 9.10. The Morgan fingerprint density at radius 1 is 0.870 bits per heavy atom. The van der Waals surface area contributed by atoms with Gasteiger partial charge in [0.2, 0.25) is 0 Å². The molecule has 0 bridgehead atoms. The van der Waals surface area contributed by atoms with Crippen LogP contribution in [0.15, 0.2) is 46.9 Å². The first-order valence-electron chi connectivity index (χ1n) is 6.63. The Morgan fingerprint density at radius 3 is 1.96 bits per heavy atom. The van der Waals surface area contributed by atoms with Gasteiger partial charge in [0.05, 0.1) is 18.7 Å². The molecule has 2 rings (SSSR count). The Labute approximate surface area is 141 Å². The first-order chi connectivity index (χ1) is 11.0. The van der Waals surface area contributed by atoms with Crippen molar-refractivity contribution in [2.45, 2.75) is 0 Å². The minimum Gasteiger partial charge on any atom is -0.497 e. The normalized spacial score (nSPS) is 9.87. The van der Waals surface area contributed by atoms with Gasteiger partial charge in [0.25, 0.3) is 11.8 Å². The van der Waals surface area contributed by atoms with E-state index < -0.39 is 11.8 Å². The fourth-order valence-electron chi connectivity index (χ4n) is 1.81. The summed E-state index contributed by atoms with van der Waals surface area (Å²) in [7, 11) is 3.08. The largest absolute Gasteiger partial charge is 0.497 e. The van der Waals surface area contributed by atoms with E-state index in [1.54, 1.807) is 49.6 Å². The first-order valence-corrected chi connectivity index (χ1v) is 7.42. The van der Waals surface area contributed by atoms with Crippen molar-refractivity contribution in [1.29, 1.82) is 0 Å². The molecule has 0 aliphatic rings. The summed E-state index contributed by atoms with van der Waals surface area (Å²) in [6.45, 7) is 0. The lowest BCUT2D eigenvalue weighted by Crippen LogP contribution is -2.41. The molecule has 0 saturated heterocycles. The monoisotopic (exact) mass is 378 g/mol. The summed E-state index contributed by atoms with van der Waals surface area (Å²) >= 11 is 3.30. The van der Waals surface area contributed by atoms with Gasteiger partial charge in [-0.1, -0.05) is 0 Å². The minimum absolute atomic E-state index is 0.382. The van der Waals surface area contributed by atoms with Crippen LogP contribution in [0.5, 0.6) is 11.5 Å². The summed E-state index contributed by atoms with van der Waals surface area (Å²) in [5.41, 5.74) is 5.50. The lowest BCUT2D eigenvalue weighted by atomic mass is 10.2. The molecule has 0 aliphatic heterocycles. The molecule has 0 heterocycles. The van der Waals surface area contributed by atoms with Crippen molar-refractivity contribution in [1.82, 2.24) is 10.9 Å². The molecule has 0 radical (unpaired) electrons. The summed E-state index contributed by atoms with van der Waals surface area (Å²) in [4.78, 5) is 24.0. The highest BCUT2D eigenvalue weighted by Gasteiger charge is 2.11. The number of methoxy groups -OCH3 is 2. The molecule has 0 saturated carbocycles. The molecule has 0 atom stereocenters. The summed E-state index contributed by atoms with van der Waals surface area (Å²) in [6.07, 6.45) is 0. The maximum absolute atomic E-state index is 12.0. The third kappa shape index (κ3) is 4.23. The maximum atomic E-state index is 12.0. The average Bonchev–Trinajstić information content (AvgIpc) is 2.59. The van der Waals surface area contributed by atoms with Gasteiger partial charge in [0.15, 0.2) is 0 Å². The van der Waals surface area contributed by atoms with Crippen LogP contribution in [0.4, 0.5) is 0 Å². The van der Waals surface area contributed by atoms with Crippen molar-refractivity contribution in [3.63, 3.8) is 0 Å². The summed E-state index contributed by atoms with van der Waals surface area (Å²) < 4.78 is 10.8. The van der Waals surface area contributed by atoms with Crippen LogP contribution in [-0.4, -0.2) is 26.0 Å². The number of ether oxygens (including phenoxy) is 2. The number of nitrogens with one attached hydrogen (secondary N) is 2. The molecular formula is C16H15BrN2O4. The highest BCUT2D eigenvalue weighted by Crippen LogP contribution is 2.25. The molecule has 0 spiro atoms. The van der Waals surface area contributed by atoms with E-state index >= 15 is 0 Å². The van der Waals surface area contributed by atoms with E-state index in [1.807, 2.05) is 0 Å². The van der Waals surface area contributed by atoms with Gasteiger partial charge in [-0.25, -0.2) is 0 Å². The Balaban J connectivity index is 1.97. The van der Waals surface area contributed by atoms with E-state index in [1.165, 1.54) is 7.11 Å². The predicted octanol–water partition coefficient (Wildman–Crippen LogP) is 2.54. The molecule has 120 valence electrons. The molecular weight excluding hydrogens is 364 g/mol. The second kappa shape index (κ2) is 7.64. The molecule has 0 aromatic heterocycles. The molecule has 0 fully saturated rings. The molecule has 23 heavy (non-hydrogen) atoms. The van der Waals surface area contributed by atoms with E-state index in [0.29, 0.717) is 27.1 Å². The highest BCUT2D eigenvalue weighted by atomic mass is 79.9. The Morgan fingerprint density at radius 2 is 1.43 bits per heavy atom. The lowest BCUT2D eigenvalue weighted by Gasteiger charge is -2.09. The Kier molecular flexibility index (Phi) is 5.59. The van der Waals surface area contributed by atoms with E-state index in [0.717, 1.165) is 0 Å². The third-order valence-electron chi connectivity index (χ3n) is 3.06. The fourth-order valence-corrected chi connectivity index (χ4v) is 2.35. The van der Waals surface area contributed by atoms with Gasteiger partial charge in [0, 0.05) is 11.1 Å². The first kappa shape index (κ1) is 16.8. The van der Waals surface area contributed by atoms with Gasteiger partial charge in [-0.3, -0.25) is 20.4 Å². The van der Waals surface area contributed by atoms with Crippen molar-refractivity contribution < 1.29 is 19.1 Å². The molecule has 6 nitrogen and oxygen atoms in total. The fraction of sp³-hybridized carbons (Fsp3) is 0.125. The number of hydrazine groups is 1. The van der Waals surface area contributed by atoms with Crippen LogP contribution in [0.2, 0.25) is 0 Å². The number of hydrogen-bond donors (Lipinski definition) is 2. The van der Waals surface area contributed by atoms with Crippen LogP contribution in [-0.2, 0) is 0 Å². The predicted molar refractivity (Wildman–Crippen MR) is 88.6 cm³/mol. The number of halogens is 1. The van der Waals surface area contributed by atoms with Gasteiger partial charge >= 0.3 is 0 Å². The second-order valence-electron chi connectivity index (χ2n) is 4.49. The van der Waals surface area contributed by atoms with Gasteiger partial charge in [0.1, 0.15) is 11.5 Å². The van der Waals surface area contributed by atoms with Gasteiger partial charge in [-0.15, -0.1) is 0 Å². The van der Waals surface area contributed by atoms with Crippen LogP contribution in [0, 0.1) is 0 Å². The average molecular weight is 379 g/mol. The van der Waals surface area contributed by atoms with E-state index in [2.05, 4.69) is 26.8 Å². The molecule has 7 heteroatoms. The zero-order chi connectivity index (χ0) is 16.8. The minimum atomic E-state index is -0.435. The lowest BCUT2D eigenvalue weighted by molar-refractivity contribution is 0.0846. The Bertz CT molecular complexity index is 717. The zero-order valence-corrected chi connectivity index (χ0v) is 14.1. The molecule has 2 aromatic rings. The van der Waals surface area contributed by atoms with E-state index in [-0.39, 0.29) is 0 Å². The number of carbonyl (C=O) groups excluding carboxylic acids is 2. The molecule has 2 amide bonds. The van der Waals surface area contributed by atoms with Crippen molar-refractivity contribution in [2.75, 3.05) is 14.2 Å². The maximum Gasteiger partial charge on any atom is 0.269 e. The smallest absolute Gasteiger partial charge is 0.269 e. The van der Waals surface area contributed by atoms with Crippen molar-refractivity contribution >= 4 is 27.7 Å². The number of amides is 2. The van der Waals surface area contributed by atoms with Crippen LogP contribution in [0.3, 0.4) is 0 Å². The number of carbonyl (C=O) groups is 2. The number of rotatable bonds is 4. The van der Waals surface area contributed by atoms with Crippen molar-refractivity contribution in [3.8, 4) is 11.5 Å². The van der Waals surface area contributed by atoms with Crippen LogP contribution in [0.1, 0.15) is 20.7 Å².